The van der Waals surface area contributed by atoms with Crippen LogP contribution in [0, 0.1) is 11.8 Å². The van der Waals surface area contributed by atoms with Crippen molar-refractivity contribution in [3.63, 3.8) is 0 Å². The molecule has 1 aliphatic carbocycles. The summed E-state index contributed by atoms with van der Waals surface area (Å²) in [5, 5.41) is -0.331. The lowest BCUT2D eigenvalue weighted by Crippen LogP contribution is -2.40. The summed E-state index contributed by atoms with van der Waals surface area (Å²) in [6.45, 7) is 2.40. The summed E-state index contributed by atoms with van der Waals surface area (Å²) in [6, 6.07) is 7.80. The number of hydrogen-bond acceptors (Lipinski definition) is 4. The summed E-state index contributed by atoms with van der Waals surface area (Å²) in [5.41, 5.74) is 1.11. The van der Waals surface area contributed by atoms with Crippen molar-refractivity contribution in [3.8, 4) is 5.75 Å². The number of carbonyl (C=O) groups excluding carboxylic acids is 1. The van der Waals surface area contributed by atoms with E-state index in [2.05, 4.69) is 0 Å². The Hall–Kier alpha value is -1.60. The van der Waals surface area contributed by atoms with Gasteiger partial charge < -0.3 is 9.64 Å². The largest absolute Gasteiger partial charge is 0.497 e. The molecule has 154 valence electrons. The van der Waals surface area contributed by atoms with Crippen LogP contribution in [0.25, 0.3) is 0 Å². The van der Waals surface area contributed by atoms with Gasteiger partial charge in [-0.15, -0.1) is 0 Å². The molecule has 4 rings (SSSR count). The Balaban J connectivity index is 1.36. The Kier molecular flexibility index (Phi) is 5.65. The van der Waals surface area contributed by atoms with E-state index in [0.717, 1.165) is 37.0 Å². The second kappa shape index (κ2) is 8.03. The van der Waals surface area contributed by atoms with Crippen LogP contribution in [0.4, 0.5) is 0 Å². The number of carbonyl (C=O) groups is 1. The minimum atomic E-state index is -3.28. The molecule has 7 heteroatoms. The lowest BCUT2D eigenvalue weighted by atomic mass is 9.84. The van der Waals surface area contributed by atoms with Gasteiger partial charge in [-0.2, -0.15) is 0 Å². The Morgan fingerprint density at radius 2 is 1.82 bits per heavy atom. The molecule has 0 radical (unpaired) electrons. The molecule has 3 fully saturated rings. The zero-order valence-corrected chi connectivity index (χ0v) is 17.4. The number of likely N-dealkylation sites (tertiary alicyclic amines) is 1. The maximum atomic E-state index is 13.1. The maximum absolute atomic E-state index is 13.1. The Labute approximate surface area is 167 Å². The van der Waals surface area contributed by atoms with Crippen molar-refractivity contribution >= 4 is 15.9 Å². The van der Waals surface area contributed by atoms with E-state index >= 15 is 0 Å². The van der Waals surface area contributed by atoms with Crippen LogP contribution < -0.4 is 4.74 Å². The van der Waals surface area contributed by atoms with Gasteiger partial charge in [0.25, 0.3) is 0 Å². The third-order valence-electron chi connectivity index (χ3n) is 6.73. The first-order chi connectivity index (χ1) is 13.5. The first-order valence-electron chi connectivity index (χ1n) is 10.4. The molecule has 2 aliphatic heterocycles. The van der Waals surface area contributed by atoms with Crippen molar-refractivity contribution < 1.29 is 17.9 Å². The van der Waals surface area contributed by atoms with Crippen LogP contribution in [-0.4, -0.2) is 62.1 Å². The number of fused-ring (bicyclic) bond motifs is 1. The normalized spacial score (nSPS) is 27.7. The van der Waals surface area contributed by atoms with Gasteiger partial charge in [0, 0.05) is 32.1 Å². The average molecular weight is 407 g/mol. The summed E-state index contributed by atoms with van der Waals surface area (Å²) >= 11 is 0. The molecule has 0 bridgehead atoms. The number of ether oxygens (including phenoxy) is 1. The predicted molar refractivity (Wildman–Crippen MR) is 108 cm³/mol. The highest BCUT2D eigenvalue weighted by Gasteiger charge is 2.47. The fourth-order valence-corrected chi connectivity index (χ4v) is 6.93. The molecule has 3 aliphatic rings. The van der Waals surface area contributed by atoms with Gasteiger partial charge in [0.05, 0.1) is 12.4 Å². The molecule has 0 aromatic heterocycles. The minimum Gasteiger partial charge on any atom is -0.497 e. The Morgan fingerprint density at radius 1 is 1.11 bits per heavy atom. The van der Waals surface area contributed by atoms with E-state index in [-0.39, 0.29) is 23.0 Å². The van der Waals surface area contributed by atoms with E-state index in [1.807, 2.05) is 29.2 Å². The van der Waals surface area contributed by atoms with Gasteiger partial charge in [0.15, 0.2) is 0 Å². The standard InChI is InChI=1S/C21H30N2O4S/c1-27-19-7-5-16(6-8-19)9-14-23-15-18-10-12-22(21(24)17-3-2-4-17)13-11-20(18)28(23,25)26/h5-8,17-18,20H,2-4,9-15H2,1H3/t18-,20-/m1/s1. The van der Waals surface area contributed by atoms with E-state index in [1.54, 1.807) is 11.4 Å². The predicted octanol–water partition coefficient (Wildman–Crippen LogP) is 2.29. The number of benzene rings is 1. The lowest BCUT2D eigenvalue weighted by molar-refractivity contribution is -0.138. The molecule has 2 saturated heterocycles. The fraction of sp³-hybridized carbons (Fsp3) is 0.667. The molecule has 1 saturated carbocycles. The van der Waals surface area contributed by atoms with Crippen molar-refractivity contribution in [2.24, 2.45) is 11.8 Å². The highest BCUT2D eigenvalue weighted by molar-refractivity contribution is 7.90. The summed E-state index contributed by atoms with van der Waals surface area (Å²) in [7, 11) is -1.65. The highest BCUT2D eigenvalue weighted by Crippen LogP contribution is 2.36. The summed E-state index contributed by atoms with van der Waals surface area (Å²) in [4.78, 5) is 14.5. The van der Waals surface area contributed by atoms with Crippen molar-refractivity contribution in [1.82, 2.24) is 9.21 Å². The van der Waals surface area contributed by atoms with Gasteiger partial charge in [-0.25, -0.2) is 12.7 Å². The summed E-state index contributed by atoms with van der Waals surface area (Å²) in [5.74, 6) is 1.39. The van der Waals surface area contributed by atoms with Crippen LogP contribution in [0.5, 0.6) is 5.75 Å². The van der Waals surface area contributed by atoms with Crippen LogP contribution >= 0.6 is 0 Å². The van der Waals surface area contributed by atoms with E-state index in [1.165, 1.54) is 0 Å². The van der Waals surface area contributed by atoms with Gasteiger partial charge in [-0.05, 0) is 55.7 Å². The topological polar surface area (TPSA) is 66.9 Å². The van der Waals surface area contributed by atoms with Crippen LogP contribution in [0.2, 0.25) is 0 Å². The second-order valence-corrected chi connectivity index (χ2v) is 10.5. The van der Waals surface area contributed by atoms with Crippen molar-refractivity contribution in [2.75, 3.05) is 33.3 Å². The van der Waals surface area contributed by atoms with E-state index in [4.69, 9.17) is 4.74 Å². The smallest absolute Gasteiger partial charge is 0.225 e. The molecule has 2 heterocycles. The Morgan fingerprint density at radius 3 is 2.46 bits per heavy atom. The maximum Gasteiger partial charge on any atom is 0.225 e. The first kappa shape index (κ1) is 19.7. The molecule has 1 amide bonds. The molecule has 28 heavy (non-hydrogen) atoms. The fourth-order valence-electron chi connectivity index (χ4n) is 4.69. The molecular weight excluding hydrogens is 376 g/mol. The van der Waals surface area contributed by atoms with Gasteiger partial charge in [0.1, 0.15) is 5.75 Å². The SMILES string of the molecule is COc1ccc(CCN2C[C@H]3CCN(C(=O)C4CCC4)CC[C@H]3S2(=O)=O)cc1. The average Bonchev–Trinajstić information content (AvgIpc) is 2.79. The van der Waals surface area contributed by atoms with Crippen LogP contribution in [0.1, 0.15) is 37.7 Å². The number of amides is 1. The second-order valence-electron chi connectivity index (χ2n) is 8.33. The van der Waals surface area contributed by atoms with Crippen LogP contribution in [0.3, 0.4) is 0 Å². The van der Waals surface area contributed by atoms with Gasteiger partial charge >= 0.3 is 0 Å². The van der Waals surface area contributed by atoms with Crippen molar-refractivity contribution in [2.45, 2.75) is 43.8 Å². The third kappa shape index (κ3) is 3.79. The summed E-state index contributed by atoms with van der Waals surface area (Å²) < 4.78 is 33.0. The third-order valence-corrected chi connectivity index (χ3v) is 9.17. The number of methoxy groups -OCH3 is 1. The van der Waals surface area contributed by atoms with Gasteiger partial charge in [-0.3, -0.25) is 4.79 Å². The molecule has 1 aromatic carbocycles. The highest BCUT2D eigenvalue weighted by atomic mass is 32.2. The molecule has 1 aromatic rings. The van der Waals surface area contributed by atoms with Gasteiger partial charge in [0.2, 0.25) is 15.9 Å². The van der Waals surface area contributed by atoms with Gasteiger partial charge in [-0.1, -0.05) is 18.6 Å². The lowest BCUT2D eigenvalue weighted by Gasteiger charge is -2.31. The van der Waals surface area contributed by atoms with E-state index in [9.17, 15) is 13.2 Å². The van der Waals surface area contributed by atoms with E-state index in [0.29, 0.717) is 39.0 Å². The molecule has 0 spiro atoms. The quantitative estimate of drug-likeness (QED) is 0.753. The van der Waals surface area contributed by atoms with Crippen molar-refractivity contribution in [3.05, 3.63) is 29.8 Å². The molecule has 0 N–H and O–H groups in total. The van der Waals surface area contributed by atoms with Crippen LogP contribution in [0.15, 0.2) is 24.3 Å². The number of hydrogen-bond donors (Lipinski definition) is 0. The number of rotatable bonds is 5. The summed E-state index contributed by atoms with van der Waals surface area (Å²) in [6.07, 6.45) is 5.22. The van der Waals surface area contributed by atoms with E-state index < -0.39 is 10.0 Å². The number of sulfonamides is 1. The Bertz CT molecular complexity index is 804. The monoisotopic (exact) mass is 406 g/mol. The zero-order chi connectivity index (χ0) is 19.7. The molecule has 2 atom stereocenters. The first-order valence-corrected chi connectivity index (χ1v) is 11.9. The van der Waals surface area contributed by atoms with Crippen molar-refractivity contribution in [1.29, 1.82) is 0 Å². The molecule has 0 unspecified atom stereocenters. The zero-order valence-electron chi connectivity index (χ0n) is 16.5. The number of nitrogens with zero attached hydrogens (tertiary/aromatic N) is 2. The van der Waals surface area contributed by atoms with Crippen LogP contribution in [-0.2, 0) is 21.2 Å². The molecule has 6 nitrogen and oxygen atoms in total. The molecular formula is C21H30N2O4S. The minimum absolute atomic E-state index is 0.139.